The third kappa shape index (κ3) is 3.87. The number of hydrogen-bond acceptors (Lipinski definition) is 4. The quantitative estimate of drug-likeness (QED) is 0.406. The Labute approximate surface area is 160 Å². The van der Waals surface area contributed by atoms with Gasteiger partial charge in [0.1, 0.15) is 11.5 Å². The Bertz CT molecular complexity index is 1020. The predicted octanol–water partition coefficient (Wildman–Crippen LogP) is 7.00. The van der Waals surface area contributed by atoms with Crippen molar-refractivity contribution in [1.82, 2.24) is 4.98 Å². The fourth-order valence-electron chi connectivity index (χ4n) is 2.51. The highest BCUT2D eigenvalue weighted by atomic mass is 35.5. The van der Waals surface area contributed by atoms with Crippen LogP contribution in [0.5, 0.6) is 11.5 Å². The van der Waals surface area contributed by atoms with Gasteiger partial charge in [0.2, 0.25) is 0 Å². The number of para-hydroxylation sites is 1. The SMILES string of the molecule is Clc1ccccc1-c1csc(Nc2cccc(Oc3ccccc3)c2)n1. The molecule has 1 aromatic heterocycles. The van der Waals surface area contributed by atoms with Gasteiger partial charge in [0.15, 0.2) is 5.13 Å². The molecule has 3 nitrogen and oxygen atoms in total. The number of nitrogens with zero attached hydrogens (tertiary/aromatic N) is 1. The molecule has 0 radical (unpaired) electrons. The third-order valence-electron chi connectivity index (χ3n) is 3.72. The van der Waals surface area contributed by atoms with Crippen LogP contribution in [0.4, 0.5) is 10.8 Å². The summed E-state index contributed by atoms with van der Waals surface area (Å²) in [7, 11) is 0. The van der Waals surface area contributed by atoms with Gasteiger partial charge in [-0.15, -0.1) is 11.3 Å². The van der Waals surface area contributed by atoms with E-state index in [1.807, 2.05) is 84.2 Å². The minimum Gasteiger partial charge on any atom is -0.457 e. The smallest absolute Gasteiger partial charge is 0.187 e. The first-order valence-corrected chi connectivity index (χ1v) is 9.34. The summed E-state index contributed by atoms with van der Waals surface area (Å²) >= 11 is 7.79. The molecule has 5 heteroatoms. The molecule has 0 saturated carbocycles. The average molecular weight is 379 g/mol. The van der Waals surface area contributed by atoms with Crippen LogP contribution < -0.4 is 10.1 Å². The first-order chi connectivity index (χ1) is 12.8. The maximum absolute atomic E-state index is 6.25. The van der Waals surface area contributed by atoms with Crippen molar-refractivity contribution in [2.45, 2.75) is 0 Å². The number of halogens is 1. The summed E-state index contributed by atoms with van der Waals surface area (Å²) in [6, 6.07) is 25.2. The van der Waals surface area contributed by atoms with Crippen LogP contribution in [0.1, 0.15) is 0 Å². The van der Waals surface area contributed by atoms with Gasteiger partial charge in [-0.3, -0.25) is 0 Å². The van der Waals surface area contributed by atoms with Crippen molar-refractivity contribution < 1.29 is 4.74 Å². The standard InChI is InChI=1S/C21H15ClN2OS/c22-19-12-5-4-11-18(19)20-14-26-21(24-20)23-15-7-6-10-17(13-15)25-16-8-2-1-3-9-16/h1-14H,(H,23,24). The van der Waals surface area contributed by atoms with E-state index < -0.39 is 0 Å². The molecule has 0 aliphatic carbocycles. The Morgan fingerprint density at radius 3 is 2.46 bits per heavy atom. The Morgan fingerprint density at radius 1 is 0.846 bits per heavy atom. The van der Waals surface area contributed by atoms with E-state index in [1.165, 1.54) is 11.3 Å². The summed E-state index contributed by atoms with van der Waals surface area (Å²) in [5, 5.41) is 6.82. The molecule has 1 N–H and O–H groups in total. The topological polar surface area (TPSA) is 34.1 Å². The fourth-order valence-corrected chi connectivity index (χ4v) is 3.47. The Morgan fingerprint density at radius 2 is 1.62 bits per heavy atom. The summed E-state index contributed by atoms with van der Waals surface area (Å²) in [5.74, 6) is 1.57. The second-order valence-corrected chi connectivity index (χ2v) is 6.85. The van der Waals surface area contributed by atoms with Crippen LogP contribution in [0.25, 0.3) is 11.3 Å². The van der Waals surface area contributed by atoms with Crippen LogP contribution in [0.3, 0.4) is 0 Å². The second kappa shape index (κ2) is 7.60. The molecule has 3 aromatic carbocycles. The van der Waals surface area contributed by atoms with Gasteiger partial charge in [0, 0.05) is 27.7 Å². The van der Waals surface area contributed by atoms with Gasteiger partial charge in [-0.25, -0.2) is 4.98 Å². The number of thiazole rings is 1. The zero-order valence-corrected chi connectivity index (χ0v) is 15.3. The lowest BCUT2D eigenvalue weighted by molar-refractivity contribution is 0.483. The van der Waals surface area contributed by atoms with E-state index in [-0.39, 0.29) is 0 Å². The molecule has 4 rings (SSSR count). The van der Waals surface area contributed by atoms with Crippen LogP contribution >= 0.6 is 22.9 Å². The molecule has 0 spiro atoms. The van der Waals surface area contributed by atoms with E-state index in [0.717, 1.165) is 33.6 Å². The number of aromatic nitrogens is 1. The lowest BCUT2D eigenvalue weighted by Crippen LogP contribution is -1.91. The van der Waals surface area contributed by atoms with E-state index in [9.17, 15) is 0 Å². The van der Waals surface area contributed by atoms with Crippen molar-refractivity contribution in [2.75, 3.05) is 5.32 Å². The average Bonchev–Trinajstić information content (AvgIpc) is 3.11. The van der Waals surface area contributed by atoms with E-state index >= 15 is 0 Å². The van der Waals surface area contributed by atoms with Crippen molar-refractivity contribution in [3.63, 3.8) is 0 Å². The molecule has 4 aromatic rings. The van der Waals surface area contributed by atoms with Crippen molar-refractivity contribution in [3.8, 4) is 22.8 Å². The summed E-state index contributed by atoms with van der Waals surface area (Å²) in [6.07, 6.45) is 0. The number of ether oxygens (including phenoxy) is 1. The van der Waals surface area contributed by atoms with Crippen molar-refractivity contribution in [2.24, 2.45) is 0 Å². The number of nitrogens with one attached hydrogen (secondary N) is 1. The van der Waals surface area contributed by atoms with E-state index in [2.05, 4.69) is 10.3 Å². The molecule has 1 heterocycles. The number of anilines is 2. The van der Waals surface area contributed by atoms with Gasteiger partial charge in [0.05, 0.1) is 5.69 Å². The zero-order chi connectivity index (χ0) is 17.8. The van der Waals surface area contributed by atoms with Crippen LogP contribution in [0.15, 0.2) is 84.2 Å². The van der Waals surface area contributed by atoms with Crippen molar-refractivity contribution >= 4 is 33.8 Å². The number of hydrogen-bond donors (Lipinski definition) is 1. The molecule has 0 amide bonds. The van der Waals surface area contributed by atoms with Gasteiger partial charge in [-0.05, 0) is 30.3 Å². The highest BCUT2D eigenvalue weighted by Gasteiger charge is 2.08. The first kappa shape index (κ1) is 16.6. The lowest BCUT2D eigenvalue weighted by atomic mass is 10.2. The van der Waals surface area contributed by atoms with Gasteiger partial charge < -0.3 is 10.1 Å². The van der Waals surface area contributed by atoms with E-state index in [1.54, 1.807) is 0 Å². The molecule has 128 valence electrons. The van der Waals surface area contributed by atoms with E-state index in [4.69, 9.17) is 16.3 Å². The number of rotatable bonds is 5. The molecule has 0 unspecified atom stereocenters. The van der Waals surface area contributed by atoms with E-state index in [0.29, 0.717) is 5.02 Å². The molecule has 0 bridgehead atoms. The van der Waals surface area contributed by atoms with Crippen LogP contribution in [-0.4, -0.2) is 4.98 Å². The monoisotopic (exact) mass is 378 g/mol. The molecule has 0 saturated heterocycles. The summed E-state index contributed by atoms with van der Waals surface area (Å²) < 4.78 is 5.87. The summed E-state index contributed by atoms with van der Waals surface area (Å²) in [6.45, 7) is 0. The maximum atomic E-state index is 6.25. The van der Waals surface area contributed by atoms with Gasteiger partial charge >= 0.3 is 0 Å². The molecule has 0 atom stereocenters. The predicted molar refractivity (Wildman–Crippen MR) is 109 cm³/mol. The Balaban J connectivity index is 1.51. The van der Waals surface area contributed by atoms with Gasteiger partial charge in [0.25, 0.3) is 0 Å². The highest BCUT2D eigenvalue weighted by molar-refractivity contribution is 7.14. The summed E-state index contributed by atoms with van der Waals surface area (Å²) in [4.78, 5) is 4.63. The molecular weight excluding hydrogens is 364 g/mol. The van der Waals surface area contributed by atoms with Gasteiger partial charge in [-0.2, -0.15) is 0 Å². The normalized spacial score (nSPS) is 10.5. The molecule has 0 aliphatic rings. The molecular formula is C21H15ClN2OS. The number of benzene rings is 3. The van der Waals surface area contributed by atoms with Crippen LogP contribution in [-0.2, 0) is 0 Å². The third-order valence-corrected chi connectivity index (χ3v) is 4.81. The second-order valence-electron chi connectivity index (χ2n) is 5.59. The minimum atomic E-state index is 0.697. The fraction of sp³-hybridized carbons (Fsp3) is 0. The molecule has 0 aliphatic heterocycles. The van der Waals surface area contributed by atoms with Crippen molar-refractivity contribution in [3.05, 3.63) is 89.3 Å². The maximum Gasteiger partial charge on any atom is 0.187 e. The first-order valence-electron chi connectivity index (χ1n) is 8.08. The minimum absolute atomic E-state index is 0.697. The molecule has 26 heavy (non-hydrogen) atoms. The molecule has 0 fully saturated rings. The summed E-state index contributed by atoms with van der Waals surface area (Å²) in [5.41, 5.74) is 2.71. The Kier molecular flexibility index (Phi) is 4.86. The Hall–Kier alpha value is -2.82. The lowest BCUT2D eigenvalue weighted by Gasteiger charge is -2.08. The van der Waals surface area contributed by atoms with Gasteiger partial charge in [-0.1, -0.05) is 54.1 Å². The highest BCUT2D eigenvalue weighted by Crippen LogP contribution is 2.32. The zero-order valence-electron chi connectivity index (χ0n) is 13.7. The van der Waals surface area contributed by atoms with Crippen LogP contribution in [0, 0.1) is 0 Å². The van der Waals surface area contributed by atoms with Crippen LogP contribution in [0.2, 0.25) is 5.02 Å². The largest absolute Gasteiger partial charge is 0.457 e. The van der Waals surface area contributed by atoms with Crippen molar-refractivity contribution in [1.29, 1.82) is 0 Å².